The van der Waals surface area contributed by atoms with E-state index in [4.69, 9.17) is 21.1 Å². The van der Waals surface area contributed by atoms with Crippen LogP contribution in [0.4, 0.5) is 10.2 Å². The molecule has 0 spiro atoms. The molecule has 30 heavy (non-hydrogen) atoms. The van der Waals surface area contributed by atoms with E-state index in [9.17, 15) is 9.65 Å². The Bertz CT molecular complexity index is 1120. The van der Waals surface area contributed by atoms with E-state index >= 15 is 0 Å². The van der Waals surface area contributed by atoms with Crippen molar-refractivity contribution in [1.82, 2.24) is 15.0 Å². The number of halogens is 2. The van der Waals surface area contributed by atoms with E-state index < -0.39 is 5.82 Å². The highest BCUT2D eigenvalue weighted by molar-refractivity contribution is 6.28. The maximum Gasteiger partial charge on any atom is 0.260 e. The van der Waals surface area contributed by atoms with Gasteiger partial charge in [0.1, 0.15) is 17.4 Å². The van der Waals surface area contributed by atoms with E-state index in [-0.39, 0.29) is 11.2 Å². The molecule has 0 aliphatic carbocycles. The zero-order valence-electron chi connectivity index (χ0n) is 16.1. The number of methoxy groups -OCH3 is 1. The molecule has 0 unspecified atom stereocenters. The van der Waals surface area contributed by atoms with E-state index in [1.54, 1.807) is 43.7 Å². The van der Waals surface area contributed by atoms with Crippen LogP contribution in [0.1, 0.15) is 22.4 Å². The Hall–Kier alpha value is -3.61. The molecule has 0 bridgehead atoms. The van der Waals surface area contributed by atoms with Gasteiger partial charge in [0.2, 0.25) is 11.1 Å². The molecule has 10 heteroatoms. The highest BCUT2D eigenvalue weighted by atomic mass is 35.5. The fourth-order valence-electron chi connectivity index (χ4n) is 2.52. The van der Waals surface area contributed by atoms with Crippen molar-refractivity contribution in [3.05, 3.63) is 70.0 Å². The lowest BCUT2D eigenvalue weighted by atomic mass is 10.1. The fraction of sp³-hybridized carbons (Fsp3) is 0.150. The Labute approximate surface area is 177 Å². The van der Waals surface area contributed by atoms with Gasteiger partial charge in [-0.05, 0) is 54.4 Å². The van der Waals surface area contributed by atoms with Crippen LogP contribution in [0.3, 0.4) is 0 Å². The first-order chi connectivity index (χ1) is 14.5. The number of hydrazone groups is 1. The predicted octanol–water partition coefficient (Wildman–Crippen LogP) is 4.23. The molecular formula is C20H16ClFN6O2. The molecule has 1 N–H and O–H groups in total. The Morgan fingerprint density at radius 1 is 1.30 bits per heavy atom. The van der Waals surface area contributed by atoms with Gasteiger partial charge in [0.15, 0.2) is 5.82 Å². The van der Waals surface area contributed by atoms with Gasteiger partial charge in [0.25, 0.3) is 5.88 Å². The molecule has 2 heterocycles. The average Bonchev–Trinajstić information content (AvgIpc) is 2.72. The molecule has 0 aliphatic rings. The van der Waals surface area contributed by atoms with Crippen LogP contribution in [-0.2, 0) is 11.3 Å². The minimum absolute atomic E-state index is 0.114. The summed E-state index contributed by atoms with van der Waals surface area (Å²) in [6.45, 7) is 2.12. The van der Waals surface area contributed by atoms with E-state index in [0.717, 1.165) is 23.0 Å². The number of nitriles is 1. The van der Waals surface area contributed by atoms with Crippen LogP contribution >= 0.6 is 11.6 Å². The number of rotatable bonds is 7. The Morgan fingerprint density at radius 3 is 2.77 bits per heavy atom. The van der Waals surface area contributed by atoms with Crippen LogP contribution in [-0.4, -0.2) is 28.3 Å². The van der Waals surface area contributed by atoms with Crippen molar-refractivity contribution in [2.45, 2.75) is 13.5 Å². The van der Waals surface area contributed by atoms with Crippen molar-refractivity contribution in [3.63, 3.8) is 0 Å². The third-order valence-electron chi connectivity index (χ3n) is 3.80. The molecule has 0 radical (unpaired) electrons. The fourth-order valence-corrected chi connectivity index (χ4v) is 2.65. The zero-order valence-corrected chi connectivity index (χ0v) is 16.8. The number of hydrogen-bond acceptors (Lipinski definition) is 8. The van der Waals surface area contributed by atoms with E-state index in [2.05, 4.69) is 31.5 Å². The van der Waals surface area contributed by atoms with Crippen molar-refractivity contribution in [1.29, 1.82) is 5.26 Å². The summed E-state index contributed by atoms with van der Waals surface area (Å²) in [6.07, 6.45) is 2.48. The number of nitrogens with zero attached hydrogens (tertiary/aromatic N) is 5. The smallest absolute Gasteiger partial charge is 0.260 e. The summed E-state index contributed by atoms with van der Waals surface area (Å²) in [7, 11) is 1.56. The second kappa shape index (κ2) is 9.73. The molecule has 0 fully saturated rings. The van der Waals surface area contributed by atoms with Crippen molar-refractivity contribution in [2.75, 3.05) is 12.5 Å². The first-order valence-electron chi connectivity index (χ1n) is 8.64. The van der Waals surface area contributed by atoms with E-state index in [1.807, 2.05) is 6.92 Å². The number of aromatic nitrogens is 3. The van der Waals surface area contributed by atoms with Crippen LogP contribution in [0.5, 0.6) is 11.6 Å². The molecule has 2 aromatic heterocycles. The highest BCUT2D eigenvalue weighted by Gasteiger charge is 2.11. The number of anilines is 1. The number of nitrogens with one attached hydrogen (secondary N) is 1. The number of benzene rings is 1. The van der Waals surface area contributed by atoms with Gasteiger partial charge in [-0.3, -0.25) is 5.43 Å². The molecular weight excluding hydrogens is 411 g/mol. The third kappa shape index (κ3) is 5.26. The van der Waals surface area contributed by atoms with Crippen molar-refractivity contribution in [2.24, 2.45) is 5.10 Å². The maximum atomic E-state index is 13.7. The molecule has 0 saturated heterocycles. The summed E-state index contributed by atoms with van der Waals surface area (Å²) in [5, 5.41) is 13.4. The Morgan fingerprint density at radius 2 is 2.07 bits per heavy atom. The van der Waals surface area contributed by atoms with Gasteiger partial charge >= 0.3 is 0 Å². The Balaban J connectivity index is 1.70. The van der Waals surface area contributed by atoms with Crippen molar-refractivity contribution in [3.8, 4) is 17.7 Å². The van der Waals surface area contributed by atoms with Gasteiger partial charge in [-0.15, -0.1) is 0 Å². The lowest BCUT2D eigenvalue weighted by molar-refractivity contribution is 0.184. The molecule has 3 aromatic rings. The Kier molecular flexibility index (Phi) is 6.85. The van der Waals surface area contributed by atoms with Gasteiger partial charge in [-0.1, -0.05) is 0 Å². The summed E-state index contributed by atoms with van der Waals surface area (Å²) >= 11 is 5.65. The number of aryl methyl sites for hydroxylation is 1. The normalized spacial score (nSPS) is 10.8. The van der Waals surface area contributed by atoms with Crippen LogP contribution in [0.25, 0.3) is 0 Å². The summed E-state index contributed by atoms with van der Waals surface area (Å²) in [5.41, 5.74) is 5.35. The number of pyridine rings is 1. The lowest BCUT2D eigenvalue weighted by Gasteiger charge is -2.09. The van der Waals surface area contributed by atoms with Gasteiger partial charge < -0.3 is 9.47 Å². The van der Waals surface area contributed by atoms with Gasteiger partial charge in [-0.25, -0.2) is 9.97 Å². The van der Waals surface area contributed by atoms with Crippen molar-refractivity contribution >= 4 is 23.6 Å². The largest absolute Gasteiger partial charge is 0.436 e. The summed E-state index contributed by atoms with van der Waals surface area (Å²) in [4.78, 5) is 11.5. The third-order valence-corrected chi connectivity index (χ3v) is 3.98. The van der Waals surface area contributed by atoms with Gasteiger partial charge in [0, 0.05) is 18.4 Å². The maximum absolute atomic E-state index is 13.7. The lowest BCUT2D eigenvalue weighted by Crippen LogP contribution is -2.03. The van der Waals surface area contributed by atoms with Gasteiger partial charge in [0.05, 0.1) is 19.0 Å². The van der Waals surface area contributed by atoms with Gasteiger partial charge in [-0.2, -0.15) is 19.7 Å². The quantitative estimate of drug-likeness (QED) is 0.342. The molecule has 0 amide bonds. The minimum atomic E-state index is -0.721. The monoisotopic (exact) mass is 426 g/mol. The standard InChI is InChI=1S/C20H16ClFN6O2/c1-12-7-14(11-29-2)16(8-23)18(26-12)28-25-9-13-3-5-15(6-4-13)30-19-17(22)10-24-20(21)27-19/h3-7,9-10H,11H2,1-2H3,(H,26,28)/b25-9-. The van der Waals surface area contributed by atoms with Crippen LogP contribution < -0.4 is 10.2 Å². The first-order valence-corrected chi connectivity index (χ1v) is 9.02. The molecule has 3 rings (SSSR count). The summed E-state index contributed by atoms with van der Waals surface area (Å²) < 4.78 is 24.2. The molecule has 0 aliphatic heterocycles. The molecule has 0 saturated carbocycles. The second-order valence-corrected chi connectivity index (χ2v) is 6.36. The molecule has 152 valence electrons. The SMILES string of the molecule is COCc1cc(C)nc(N/N=C\c2ccc(Oc3nc(Cl)ncc3F)cc2)c1C#N. The van der Waals surface area contributed by atoms with E-state index in [1.165, 1.54) is 0 Å². The predicted molar refractivity (Wildman–Crippen MR) is 109 cm³/mol. The molecule has 8 nitrogen and oxygen atoms in total. The van der Waals surface area contributed by atoms with Crippen LogP contribution in [0, 0.1) is 24.1 Å². The van der Waals surface area contributed by atoms with Crippen molar-refractivity contribution < 1.29 is 13.9 Å². The molecule has 0 atom stereocenters. The van der Waals surface area contributed by atoms with Crippen LogP contribution in [0.2, 0.25) is 5.28 Å². The second-order valence-electron chi connectivity index (χ2n) is 6.02. The number of hydrogen-bond donors (Lipinski definition) is 1. The first kappa shape index (κ1) is 21.1. The minimum Gasteiger partial charge on any atom is -0.436 e. The van der Waals surface area contributed by atoms with Crippen LogP contribution in [0.15, 0.2) is 41.6 Å². The average molecular weight is 427 g/mol. The molecule has 1 aromatic carbocycles. The highest BCUT2D eigenvalue weighted by Crippen LogP contribution is 2.23. The topological polar surface area (TPSA) is 105 Å². The van der Waals surface area contributed by atoms with E-state index in [0.29, 0.717) is 23.7 Å². The summed E-state index contributed by atoms with van der Waals surface area (Å²) in [5.74, 6) is -0.275. The zero-order chi connectivity index (χ0) is 21.5. The number of ether oxygens (including phenoxy) is 2. The summed E-state index contributed by atoms with van der Waals surface area (Å²) in [6, 6.07) is 10.6.